The molecule has 6 heteroatoms. The molecule has 78 valence electrons. The molecular weight excluding hydrogens is 214 g/mol. The highest BCUT2D eigenvalue weighted by Crippen LogP contribution is 2.17. The van der Waals surface area contributed by atoms with E-state index in [-0.39, 0.29) is 0 Å². The Morgan fingerprint density at radius 3 is 1.47 bits per heavy atom. The van der Waals surface area contributed by atoms with Gasteiger partial charge in [0, 0.05) is 16.4 Å². The normalized spacial score (nSPS) is 8.87. The van der Waals surface area contributed by atoms with Crippen molar-refractivity contribution in [2.75, 3.05) is 11.5 Å². The Morgan fingerprint density at radius 1 is 0.800 bits per heavy atom. The smallest absolute Gasteiger partial charge is 0.119 e. The van der Waals surface area contributed by atoms with Crippen molar-refractivity contribution < 1.29 is 0 Å². The molecule has 5 nitrogen and oxygen atoms in total. The number of nitrogens with two attached hydrogens (primary N) is 2. The number of hydrogen-bond acceptors (Lipinski definition) is 5. The largest absolute Gasteiger partial charge is 0.399 e. The maximum absolute atomic E-state index is 5.59. The molecule has 0 bridgehead atoms. The summed E-state index contributed by atoms with van der Waals surface area (Å²) in [6.45, 7) is 0. The Labute approximate surface area is 92.1 Å². The SMILES string of the molecule is Nc1cc(N)cc(Cl)c1.c1ncncn1. The van der Waals surface area contributed by atoms with E-state index in [1.165, 1.54) is 19.0 Å². The monoisotopic (exact) mass is 223 g/mol. The predicted molar refractivity (Wildman–Crippen MR) is 60.1 cm³/mol. The number of halogens is 1. The lowest BCUT2D eigenvalue weighted by Gasteiger charge is -1.95. The van der Waals surface area contributed by atoms with Gasteiger partial charge in [0.25, 0.3) is 0 Å². The van der Waals surface area contributed by atoms with Gasteiger partial charge in [0.15, 0.2) is 0 Å². The van der Waals surface area contributed by atoms with Crippen molar-refractivity contribution in [3.8, 4) is 0 Å². The van der Waals surface area contributed by atoms with E-state index in [0.29, 0.717) is 16.4 Å². The van der Waals surface area contributed by atoms with E-state index in [2.05, 4.69) is 15.0 Å². The Morgan fingerprint density at radius 2 is 1.20 bits per heavy atom. The molecule has 0 aliphatic rings. The van der Waals surface area contributed by atoms with E-state index in [1.54, 1.807) is 18.2 Å². The van der Waals surface area contributed by atoms with Gasteiger partial charge in [-0.25, -0.2) is 15.0 Å². The third-order valence-corrected chi connectivity index (χ3v) is 1.56. The third kappa shape index (κ3) is 4.78. The van der Waals surface area contributed by atoms with Crippen LogP contribution >= 0.6 is 11.6 Å². The molecule has 0 saturated carbocycles. The van der Waals surface area contributed by atoms with Crippen LogP contribution in [0.4, 0.5) is 11.4 Å². The minimum Gasteiger partial charge on any atom is -0.399 e. The molecule has 0 unspecified atom stereocenters. The van der Waals surface area contributed by atoms with E-state index in [1.807, 2.05) is 0 Å². The predicted octanol–water partition coefficient (Wildman–Crippen LogP) is 1.38. The molecule has 0 aliphatic carbocycles. The summed E-state index contributed by atoms with van der Waals surface area (Å²) in [7, 11) is 0. The van der Waals surface area contributed by atoms with Crippen molar-refractivity contribution in [3.63, 3.8) is 0 Å². The lowest BCUT2D eigenvalue weighted by Crippen LogP contribution is -1.88. The highest BCUT2D eigenvalue weighted by molar-refractivity contribution is 6.31. The van der Waals surface area contributed by atoms with Gasteiger partial charge in [-0.15, -0.1) is 0 Å². The standard InChI is InChI=1S/C6H7ClN2.C3H3N3/c7-4-1-5(8)3-6(9)2-4;1-4-2-6-3-5-1/h1-3H,8-9H2;1-3H. The number of nitrogen functional groups attached to an aromatic ring is 2. The number of benzene rings is 1. The van der Waals surface area contributed by atoms with Crippen molar-refractivity contribution in [2.24, 2.45) is 0 Å². The highest BCUT2D eigenvalue weighted by atomic mass is 35.5. The van der Waals surface area contributed by atoms with Crippen molar-refractivity contribution in [1.82, 2.24) is 15.0 Å². The first kappa shape index (κ1) is 11.2. The molecule has 0 spiro atoms. The van der Waals surface area contributed by atoms with Crippen LogP contribution in [0.25, 0.3) is 0 Å². The van der Waals surface area contributed by atoms with Gasteiger partial charge in [-0.05, 0) is 18.2 Å². The second-order valence-electron chi connectivity index (χ2n) is 2.61. The van der Waals surface area contributed by atoms with Crippen LogP contribution < -0.4 is 11.5 Å². The second-order valence-corrected chi connectivity index (χ2v) is 3.05. The molecule has 0 fully saturated rings. The molecule has 4 N–H and O–H groups in total. The molecule has 0 saturated heterocycles. The molecule has 15 heavy (non-hydrogen) atoms. The number of hydrogen-bond donors (Lipinski definition) is 2. The van der Waals surface area contributed by atoms with Gasteiger partial charge >= 0.3 is 0 Å². The van der Waals surface area contributed by atoms with Gasteiger partial charge in [0.1, 0.15) is 19.0 Å². The molecule has 0 radical (unpaired) electrons. The molecule has 2 rings (SSSR count). The van der Waals surface area contributed by atoms with E-state index in [9.17, 15) is 0 Å². The average Bonchev–Trinajstić information content (AvgIpc) is 2.19. The maximum Gasteiger partial charge on any atom is 0.119 e. The lowest BCUT2D eigenvalue weighted by molar-refractivity contribution is 1.05. The summed E-state index contributed by atoms with van der Waals surface area (Å²) in [5.74, 6) is 0. The Kier molecular flexibility index (Phi) is 4.30. The van der Waals surface area contributed by atoms with Crippen LogP contribution in [0.5, 0.6) is 0 Å². The first-order valence-corrected chi connectivity index (χ1v) is 4.43. The van der Waals surface area contributed by atoms with E-state index >= 15 is 0 Å². The van der Waals surface area contributed by atoms with Crippen LogP contribution in [-0.4, -0.2) is 15.0 Å². The van der Waals surface area contributed by atoms with Crippen LogP contribution in [0.3, 0.4) is 0 Å². The molecule has 1 heterocycles. The van der Waals surface area contributed by atoms with Gasteiger partial charge in [-0.1, -0.05) is 11.6 Å². The van der Waals surface area contributed by atoms with Crippen molar-refractivity contribution in [1.29, 1.82) is 0 Å². The number of rotatable bonds is 0. The fourth-order valence-corrected chi connectivity index (χ4v) is 1.09. The molecule has 2 aromatic rings. The number of anilines is 2. The first-order valence-electron chi connectivity index (χ1n) is 4.05. The lowest BCUT2D eigenvalue weighted by atomic mass is 10.3. The summed E-state index contributed by atoms with van der Waals surface area (Å²) in [5, 5.41) is 0.576. The van der Waals surface area contributed by atoms with Crippen LogP contribution in [0.15, 0.2) is 37.2 Å². The first-order chi connectivity index (χ1) is 7.18. The van der Waals surface area contributed by atoms with Crippen LogP contribution in [0, 0.1) is 0 Å². The zero-order chi connectivity index (χ0) is 11.1. The molecule has 0 aliphatic heterocycles. The van der Waals surface area contributed by atoms with Gasteiger partial charge in [0.05, 0.1) is 0 Å². The van der Waals surface area contributed by atoms with Crippen molar-refractivity contribution in [3.05, 3.63) is 42.2 Å². The minimum absolute atomic E-state index is 0.576. The number of nitrogens with zero attached hydrogens (tertiary/aromatic N) is 3. The fraction of sp³-hybridized carbons (Fsp3) is 0. The summed E-state index contributed by atoms with van der Waals surface area (Å²) in [6.07, 6.45) is 4.31. The molecule has 0 amide bonds. The Bertz CT molecular complexity index is 329. The van der Waals surface area contributed by atoms with E-state index in [0.717, 1.165) is 0 Å². The van der Waals surface area contributed by atoms with Gasteiger partial charge < -0.3 is 11.5 Å². The summed E-state index contributed by atoms with van der Waals surface area (Å²) in [4.78, 5) is 10.7. The fourth-order valence-electron chi connectivity index (χ4n) is 0.841. The topological polar surface area (TPSA) is 90.7 Å². The summed E-state index contributed by atoms with van der Waals surface area (Å²) < 4.78 is 0. The van der Waals surface area contributed by atoms with Crippen LogP contribution in [-0.2, 0) is 0 Å². The van der Waals surface area contributed by atoms with Crippen molar-refractivity contribution in [2.45, 2.75) is 0 Å². The quantitative estimate of drug-likeness (QED) is 0.659. The molecule has 0 atom stereocenters. The summed E-state index contributed by atoms with van der Waals surface area (Å²) in [5.41, 5.74) is 12.0. The van der Waals surface area contributed by atoms with E-state index < -0.39 is 0 Å². The third-order valence-electron chi connectivity index (χ3n) is 1.34. The van der Waals surface area contributed by atoms with Crippen molar-refractivity contribution >= 4 is 23.0 Å². The number of aromatic nitrogens is 3. The van der Waals surface area contributed by atoms with Gasteiger partial charge in [0.2, 0.25) is 0 Å². The average molecular weight is 224 g/mol. The summed E-state index contributed by atoms with van der Waals surface area (Å²) >= 11 is 5.59. The zero-order valence-corrected chi connectivity index (χ0v) is 8.59. The Hall–Kier alpha value is -1.88. The summed E-state index contributed by atoms with van der Waals surface area (Å²) in [6, 6.07) is 4.96. The second kappa shape index (κ2) is 5.77. The molecular formula is C9H10ClN5. The van der Waals surface area contributed by atoms with Gasteiger partial charge in [-0.3, -0.25) is 0 Å². The van der Waals surface area contributed by atoms with E-state index in [4.69, 9.17) is 23.1 Å². The maximum atomic E-state index is 5.59. The highest BCUT2D eigenvalue weighted by Gasteiger charge is 1.90. The Balaban J connectivity index is 0.000000162. The minimum atomic E-state index is 0.576. The van der Waals surface area contributed by atoms with Crippen LogP contribution in [0.2, 0.25) is 5.02 Å². The molecule has 1 aromatic heterocycles. The van der Waals surface area contributed by atoms with Gasteiger partial charge in [-0.2, -0.15) is 0 Å². The zero-order valence-electron chi connectivity index (χ0n) is 7.84. The molecule has 1 aromatic carbocycles. The van der Waals surface area contributed by atoms with Crippen LogP contribution in [0.1, 0.15) is 0 Å².